The number of aryl methyl sites for hydroxylation is 1. The Morgan fingerprint density at radius 1 is 1.57 bits per heavy atom. The maximum Gasteiger partial charge on any atom is 0.227 e. The Kier molecular flexibility index (Phi) is 4.43. The average Bonchev–Trinajstić information content (AvgIpc) is 2.86. The number of methoxy groups -OCH3 is 1. The summed E-state index contributed by atoms with van der Waals surface area (Å²) in [6.07, 6.45) is 0.147. The standard InChI is InChI=1S/C15H17N3O3/c1-10-3-4-13(21-2)12(7-10)18-9-11(8-14(18)19)15(20)17-6-5-16/h3-4,7,11H,6,8-9H2,1-2H3,(H,17,20). The zero-order valence-corrected chi connectivity index (χ0v) is 12.0. The predicted molar refractivity (Wildman–Crippen MR) is 76.8 cm³/mol. The van der Waals surface area contributed by atoms with Crippen LogP contribution in [0.1, 0.15) is 12.0 Å². The van der Waals surface area contributed by atoms with Crippen LogP contribution in [0.15, 0.2) is 18.2 Å². The number of nitrogens with one attached hydrogen (secondary N) is 1. The number of nitriles is 1. The molecule has 1 atom stereocenters. The number of anilines is 1. The van der Waals surface area contributed by atoms with Gasteiger partial charge in [-0.25, -0.2) is 0 Å². The van der Waals surface area contributed by atoms with Crippen LogP contribution in [0.4, 0.5) is 5.69 Å². The van der Waals surface area contributed by atoms with E-state index in [9.17, 15) is 9.59 Å². The molecule has 0 saturated carbocycles. The maximum atomic E-state index is 12.2. The molecule has 1 unspecified atom stereocenters. The largest absolute Gasteiger partial charge is 0.495 e. The average molecular weight is 287 g/mol. The van der Waals surface area contributed by atoms with E-state index in [1.165, 1.54) is 0 Å². The summed E-state index contributed by atoms with van der Waals surface area (Å²) >= 11 is 0. The van der Waals surface area contributed by atoms with E-state index in [1.807, 2.05) is 25.1 Å². The number of nitrogens with zero attached hydrogens (tertiary/aromatic N) is 2. The Morgan fingerprint density at radius 3 is 3.00 bits per heavy atom. The first-order valence-corrected chi connectivity index (χ1v) is 6.66. The lowest BCUT2D eigenvalue weighted by Crippen LogP contribution is -2.33. The summed E-state index contributed by atoms with van der Waals surface area (Å²) in [5, 5.41) is 11.0. The van der Waals surface area contributed by atoms with E-state index in [0.29, 0.717) is 18.0 Å². The number of hydrogen-bond acceptors (Lipinski definition) is 4. The Labute approximate surface area is 123 Å². The number of carbonyl (C=O) groups excluding carboxylic acids is 2. The van der Waals surface area contributed by atoms with Gasteiger partial charge in [0.25, 0.3) is 0 Å². The number of hydrogen-bond donors (Lipinski definition) is 1. The van der Waals surface area contributed by atoms with Crippen molar-refractivity contribution >= 4 is 17.5 Å². The minimum Gasteiger partial charge on any atom is -0.495 e. The molecule has 0 bridgehead atoms. The maximum absolute atomic E-state index is 12.2. The second-order valence-electron chi connectivity index (χ2n) is 4.96. The van der Waals surface area contributed by atoms with Crippen molar-refractivity contribution in [3.05, 3.63) is 23.8 Å². The number of amides is 2. The van der Waals surface area contributed by atoms with Gasteiger partial charge in [-0.3, -0.25) is 9.59 Å². The van der Waals surface area contributed by atoms with Gasteiger partial charge in [-0.2, -0.15) is 5.26 Å². The van der Waals surface area contributed by atoms with Crippen LogP contribution in [-0.2, 0) is 9.59 Å². The molecule has 2 rings (SSSR count). The molecular weight excluding hydrogens is 270 g/mol. The minimum atomic E-state index is -0.434. The smallest absolute Gasteiger partial charge is 0.227 e. The van der Waals surface area contributed by atoms with Crippen LogP contribution in [0, 0.1) is 24.2 Å². The van der Waals surface area contributed by atoms with E-state index in [1.54, 1.807) is 18.1 Å². The molecule has 1 aliphatic rings. The molecule has 110 valence electrons. The third kappa shape index (κ3) is 3.14. The monoisotopic (exact) mass is 287 g/mol. The summed E-state index contributed by atoms with van der Waals surface area (Å²) in [6, 6.07) is 7.43. The van der Waals surface area contributed by atoms with Gasteiger partial charge in [-0.1, -0.05) is 6.07 Å². The Bertz CT molecular complexity index is 607. The van der Waals surface area contributed by atoms with Gasteiger partial charge in [0.15, 0.2) is 0 Å². The first-order chi connectivity index (χ1) is 10.1. The van der Waals surface area contributed by atoms with Gasteiger partial charge < -0.3 is 15.0 Å². The number of rotatable bonds is 4. The van der Waals surface area contributed by atoms with Gasteiger partial charge in [0.2, 0.25) is 11.8 Å². The van der Waals surface area contributed by atoms with Crippen LogP contribution in [0.3, 0.4) is 0 Å². The quantitative estimate of drug-likeness (QED) is 0.837. The summed E-state index contributed by atoms with van der Waals surface area (Å²) in [7, 11) is 1.55. The van der Waals surface area contributed by atoms with Gasteiger partial charge in [0.1, 0.15) is 12.3 Å². The molecule has 21 heavy (non-hydrogen) atoms. The fourth-order valence-corrected chi connectivity index (χ4v) is 2.40. The normalized spacial score (nSPS) is 17.5. The third-order valence-corrected chi connectivity index (χ3v) is 3.46. The predicted octanol–water partition coefficient (Wildman–Crippen LogP) is 0.996. The van der Waals surface area contributed by atoms with Crippen LogP contribution in [-0.4, -0.2) is 32.0 Å². The van der Waals surface area contributed by atoms with Crippen molar-refractivity contribution in [1.29, 1.82) is 5.26 Å². The summed E-state index contributed by atoms with van der Waals surface area (Å²) in [6.45, 7) is 2.19. The van der Waals surface area contributed by atoms with Crippen molar-refractivity contribution in [2.75, 3.05) is 25.1 Å². The van der Waals surface area contributed by atoms with Crippen LogP contribution in [0.2, 0.25) is 0 Å². The Hall–Kier alpha value is -2.55. The van der Waals surface area contributed by atoms with Crippen LogP contribution < -0.4 is 15.0 Å². The molecule has 1 aromatic carbocycles. The fraction of sp³-hybridized carbons (Fsp3) is 0.400. The molecule has 0 aromatic heterocycles. The summed E-state index contributed by atoms with van der Waals surface area (Å²) in [5.41, 5.74) is 1.69. The second kappa shape index (κ2) is 6.27. The SMILES string of the molecule is COc1ccc(C)cc1N1CC(C(=O)NCC#N)CC1=O. The summed E-state index contributed by atoms with van der Waals surface area (Å²) < 4.78 is 5.28. The van der Waals surface area contributed by atoms with Gasteiger partial charge in [-0.15, -0.1) is 0 Å². The van der Waals surface area contributed by atoms with Crippen LogP contribution in [0.25, 0.3) is 0 Å². The number of benzene rings is 1. The Balaban J connectivity index is 2.19. The molecule has 1 aliphatic heterocycles. The molecule has 1 fully saturated rings. The molecule has 6 nitrogen and oxygen atoms in total. The van der Waals surface area contributed by atoms with Crippen molar-refractivity contribution in [2.24, 2.45) is 5.92 Å². The Morgan fingerprint density at radius 2 is 2.33 bits per heavy atom. The minimum absolute atomic E-state index is 0.0444. The van der Waals surface area contributed by atoms with Crippen molar-refractivity contribution < 1.29 is 14.3 Å². The molecular formula is C15H17N3O3. The fourth-order valence-electron chi connectivity index (χ4n) is 2.40. The summed E-state index contributed by atoms with van der Waals surface area (Å²) in [4.78, 5) is 25.6. The third-order valence-electron chi connectivity index (χ3n) is 3.46. The van der Waals surface area contributed by atoms with Gasteiger partial charge in [-0.05, 0) is 24.6 Å². The molecule has 1 N–H and O–H groups in total. The number of ether oxygens (including phenoxy) is 1. The van der Waals surface area contributed by atoms with Crippen molar-refractivity contribution in [2.45, 2.75) is 13.3 Å². The first kappa shape index (κ1) is 14.9. The lowest BCUT2D eigenvalue weighted by molar-refractivity contribution is -0.126. The molecule has 6 heteroatoms. The molecule has 1 heterocycles. The molecule has 0 aliphatic carbocycles. The van der Waals surface area contributed by atoms with Crippen LogP contribution >= 0.6 is 0 Å². The molecule has 0 radical (unpaired) electrons. The number of carbonyl (C=O) groups is 2. The van der Waals surface area contributed by atoms with E-state index in [0.717, 1.165) is 5.56 Å². The van der Waals surface area contributed by atoms with Gasteiger partial charge >= 0.3 is 0 Å². The highest BCUT2D eigenvalue weighted by Gasteiger charge is 2.36. The van der Waals surface area contributed by atoms with E-state index in [2.05, 4.69) is 5.32 Å². The highest BCUT2D eigenvalue weighted by molar-refractivity contribution is 6.01. The van der Waals surface area contributed by atoms with Gasteiger partial charge in [0, 0.05) is 13.0 Å². The lowest BCUT2D eigenvalue weighted by Gasteiger charge is -2.20. The highest BCUT2D eigenvalue weighted by Crippen LogP contribution is 2.33. The lowest BCUT2D eigenvalue weighted by atomic mass is 10.1. The molecule has 1 saturated heterocycles. The highest BCUT2D eigenvalue weighted by atomic mass is 16.5. The summed E-state index contributed by atoms with van der Waals surface area (Å²) in [5.74, 6) is -0.210. The first-order valence-electron chi connectivity index (χ1n) is 6.66. The van der Waals surface area contributed by atoms with E-state index >= 15 is 0 Å². The van der Waals surface area contributed by atoms with E-state index < -0.39 is 5.92 Å². The van der Waals surface area contributed by atoms with E-state index in [4.69, 9.17) is 10.00 Å². The van der Waals surface area contributed by atoms with Crippen molar-refractivity contribution in [3.63, 3.8) is 0 Å². The topological polar surface area (TPSA) is 82.4 Å². The van der Waals surface area contributed by atoms with Crippen molar-refractivity contribution in [3.8, 4) is 11.8 Å². The van der Waals surface area contributed by atoms with Crippen molar-refractivity contribution in [1.82, 2.24) is 5.32 Å². The molecule has 1 aromatic rings. The van der Waals surface area contributed by atoms with Crippen LogP contribution in [0.5, 0.6) is 5.75 Å². The zero-order valence-electron chi connectivity index (χ0n) is 12.0. The second-order valence-corrected chi connectivity index (χ2v) is 4.96. The zero-order chi connectivity index (χ0) is 15.4. The van der Waals surface area contributed by atoms with Gasteiger partial charge in [0.05, 0.1) is 24.8 Å². The van der Waals surface area contributed by atoms with E-state index in [-0.39, 0.29) is 24.8 Å². The molecule has 2 amide bonds. The molecule has 0 spiro atoms.